The maximum absolute atomic E-state index is 13.1. The van der Waals surface area contributed by atoms with Gasteiger partial charge < -0.3 is 10.2 Å². The minimum Gasteiger partial charge on any atom is -0.372 e. The lowest BCUT2D eigenvalue weighted by atomic mass is 10.1. The lowest BCUT2D eigenvalue weighted by Gasteiger charge is -2.13. The van der Waals surface area contributed by atoms with Crippen LogP contribution in [0.1, 0.15) is 10.4 Å². The highest BCUT2D eigenvalue weighted by Crippen LogP contribution is 2.28. The van der Waals surface area contributed by atoms with E-state index in [9.17, 15) is 19.3 Å². The Hall–Kier alpha value is -2.67. The molecule has 0 radical (unpaired) electrons. The van der Waals surface area contributed by atoms with Crippen molar-refractivity contribution in [3.05, 3.63) is 62.9 Å². The molecule has 2 aromatic carbocycles. The van der Waals surface area contributed by atoms with E-state index >= 15 is 0 Å². The van der Waals surface area contributed by atoms with Crippen LogP contribution >= 0.6 is 11.6 Å². The fourth-order valence-electron chi connectivity index (χ4n) is 1.97. The highest BCUT2D eigenvalue weighted by atomic mass is 35.5. The van der Waals surface area contributed by atoms with Crippen molar-refractivity contribution in [2.45, 2.75) is 0 Å². The molecule has 0 saturated heterocycles. The Morgan fingerprint density at radius 1 is 1.26 bits per heavy atom. The van der Waals surface area contributed by atoms with E-state index < -0.39 is 16.6 Å². The van der Waals surface area contributed by atoms with Gasteiger partial charge in [-0.25, -0.2) is 4.39 Å². The number of halogens is 2. The molecule has 6 nitrogen and oxygen atoms in total. The molecule has 0 saturated carbocycles. The Kier molecular flexibility index (Phi) is 4.80. The fourth-order valence-corrected chi connectivity index (χ4v) is 2.15. The Bertz CT molecular complexity index is 781. The number of benzene rings is 2. The van der Waals surface area contributed by atoms with E-state index in [1.807, 2.05) is 0 Å². The molecule has 120 valence electrons. The number of amides is 1. The van der Waals surface area contributed by atoms with E-state index in [1.54, 1.807) is 19.0 Å². The molecule has 0 fully saturated rings. The third kappa shape index (κ3) is 3.75. The van der Waals surface area contributed by atoms with Gasteiger partial charge in [-0.05, 0) is 30.3 Å². The molecule has 2 rings (SSSR count). The molecule has 0 aliphatic carbocycles. The van der Waals surface area contributed by atoms with E-state index in [-0.39, 0.29) is 16.3 Å². The Morgan fingerprint density at radius 3 is 2.52 bits per heavy atom. The SMILES string of the molecule is CN(C)c1ccc(C(=O)Nc2ccc(F)c(Cl)c2)cc1[N+](=O)[O-]. The molecule has 1 amide bonds. The van der Waals surface area contributed by atoms with Crippen LogP contribution in [0.5, 0.6) is 0 Å². The zero-order valence-corrected chi connectivity index (χ0v) is 13.1. The van der Waals surface area contributed by atoms with Crippen molar-refractivity contribution in [3.63, 3.8) is 0 Å². The molecule has 0 heterocycles. The highest BCUT2D eigenvalue weighted by Gasteiger charge is 2.19. The molecule has 0 aliphatic heterocycles. The number of carbonyl (C=O) groups excluding carboxylic acids is 1. The Balaban J connectivity index is 2.30. The lowest BCUT2D eigenvalue weighted by Crippen LogP contribution is -2.15. The Labute approximate surface area is 136 Å². The molecule has 0 spiro atoms. The van der Waals surface area contributed by atoms with E-state index in [2.05, 4.69) is 5.32 Å². The van der Waals surface area contributed by atoms with Crippen molar-refractivity contribution in [2.24, 2.45) is 0 Å². The minimum atomic E-state index is -0.601. The fraction of sp³-hybridized carbons (Fsp3) is 0.133. The predicted octanol–water partition coefficient (Wildman–Crippen LogP) is 3.71. The first-order valence-electron chi connectivity index (χ1n) is 6.51. The average Bonchev–Trinajstić information content (AvgIpc) is 2.50. The van der Waals surface area contributed by atoms with Gasteiger partial charge in [-0.1, -0.05) is 11.6 Å². The van der Waals surface area contributed by atoms with Gasteiger partial charge in [0.25, 0.3) is 11.6 Å². The first kappa shape index (κ1) is 16.7. The summed E-state index contributed by atoms with van der Waals surface area (Å²) in [5.41, 5.74) is 0.611. The summed E-state index contributed by atoms with van der Waals surface area (Å²) < 4.78 is 13.1. The quantitative estimate of drug-likeness (QED) is 0.681. The normalized spacial score (nSPS) is 10.3. The largest absolute Gasteiger partial charge is 0.372 e. The van der Waals surface area contributed by atoms with Gasteiger partial charge in [0.05, 0.1) is 9.95 Å². The van der Waals surface area contributed by atoms with Crippen molar-refractivity contribution in [1.82, 2.24) is 0 Å². The van der Waals surface area contributed by atoms with Crippen LogP contribution in [-0.4, -0.2) is 24.9 Å². The van der Waals surface area contributed by atoms with Crippen LogP contribution < -0.4 is 10.2 Å². The highest BCUT2D eigenvalue weighted by molar-refractivity contribution is 6.31. The number of nitro benzene ring substituents is 1. The van der Waals surface area contributed by atoms with Gasteiger partial charge in [-0.2, -0.15) is 0 Å². The molecule has 0 bridgehead atoms. The van der Waals surface area contributed by atoms with E-state index in [1.165, 1.54) is 30.3 Å². The number of nitrogens with one attached hydrogen (secondary N) is 1. The molecular formula is C15H13ClFN3O3. The number of rotatable bonds is 4. The number of hydrogen-bond donors (Lipinski definition) is 1. The van der Waals surface area contributed by atoms with Gasteiger partial charge in [-0.3, -0.25) is 14.9 Å². The summed E-state index contributed by atoms with van der Waals surface area (Å²) in [4.78, 5) is 24.3. The smallest absolute Gasteiger partial charge is 0.293 e. The average molecular weight is 338 g/mol. The summed E-state index contributed by atoms with van der Waals surface area (Å²) in [5, 5.41) is 13.5. The van der Waals surface area contributed by atoms with Gasteiger partial charge in [0.2, 0.25) is 0 Å². The third-order valence-electron chi connectivity index (χ3n) is 3.09. The number of anilines is 2. The molecule has 0 aliphatic rings. The third-order valence-corrected chi connectivity index (χ3v) is 3.38. The lowest BCUT2D eigenvalue weighted by molar-refractivity contribution is -0.384. The van der Waals surface area contributed by atoms with Crippen LogP contribution in [0, 0.1) is 15.9 Å². The van der Waals surface area contributed by atoms with Crippen molar-refractivity contribution in [2.75, 3.05) is 24.3 Å². The topological polar surface area (TPSA) is 75.5 Å². The summed E-state index contributed by atoms with van der Waals surface area (Å²) in [5.74, 6) is -1.16. The van der Waals surface area contributed by atoms with Crippen molar-refractivity contribution in [1.29, 1.82) is 0 Å². The zero-order valence-electron chi connectivity index (χ0n) is 12.3. The van der Waals surface area contributed by atoms with E-state index in [0.717, 1.165) is 6.07 Å². The summed E-state index contributed by atoms with van der Waals surface area (Å²) in [6.45, 7) is 0. The molecule has 0 unspecified atom stereocenters. The molecule has 8 heteroatoms. The molecule has 1 N–H and O–H groups in total. The maximum Gasteiger partial charge on any atom is 0.293 e. The molecule has 0 atom stereocenters. The summed E-state index contributed by atoms with van der Waals surface area (Å²) >= 11 is 5.64. The zero-order chi connectivity index (χ0) is 17.1. The van der Waals surface area contributed by atoms with Crippen molar-refractivity contribution < 1.29 is 14.1 Å². The second-order valence-electron chi connectivity index (χ2n) is 4.94. The monoisotopic (exact) mass is 337 g/mol. The van der Waals surface area contributed by atoms with Crippen LogP contribution in [0.2, 0.25) is 5.02 Å². The Morgan fingerprint density at radius 2 is 1.96 bits per heavy atom. The summed E-state index contributed by atoms with van der Waals surface area (Å²) in [6, 6.07) is 7.89. The van der Waals surface area contributed by atoms with Gasteiger partial charge >= 0.3 is 0 Å². The first-order valence-corrected chi connectivity index (χ1v) is 6.89. The van der Waals surface area contributed by atoms with Gasteiger partial charge in [-0.15, -0.1) is 0 Å². The first-order chi connectivity index (χ1) is 10.8. The van der Waals surface area contributed by atoms with Gasteiger partial charge in [0, 0.05) is 31.4 Å². The molecule has 23 heavy (non-hydrogen) atoms. The molecule has 0 aromatic heterocycles. The number of carbonyl (C=O) groups is 1. The second kappa shape index (κ2) is 6.62. The van der Waals surface area contributed by atoms with Crippen LogP contribution in [-0.2, 0) is 0 Å². The van der Waals surface area contributed by atoms with Crippen LogP contribution in [0.25, 0.3) is 0 Å². The van der Waals surface area contributed by atoms with Crippen LogP contribution in [0.15, 0.2) is 36.4 Å². The molecular weight excluding hydrogens is 325 g/mol. The molecule has 2 aromatic rings. The minimum absolute atomic E-state index is 0.114. The second-order valence-corrected chi connectivity index (χ2v) is 5.35. The summed E-state index contributed by atoms with van der Waals surface area (Å²) in [6.07, 6.45) is 0. The number of nitro groups is 1. The predicted molar refractivity (Wildman–Crippen MR) is 86.8 cm³/mol. The van der Waals surface area contributed by atoms with Crippen molar-refractivity contribution in [3.8, 4) is 0 Å². The number of hydrogen-bond acceptors (Lipinski definition) is 4. The van der Waals surface area contributed by atoms with Crippen molar-refractivity contribution >= 4 is 34.6 Å². The van der Waals surface area contributed by atoms with E-state index in [0.29, 0.717) is 11.4 Å². The standard InChI is InChI=1S/C15H13ClFN3O3/c1-19(2)13-6-3-9(7-14(13)20(22)23)15(21)18-10-4-5-12(17)11(16)8-10/h3-8H,1-2H3,(H,18,21). The summed E-state index contributed by atoms with van der Waals surface area (Å²) in [7, 11) is 3.34. The number of nitrogens with zero attached hydrogens (tertiary/aromatic N) is 2. The van der Waals surface area contributed by atoms with Crippen LogP contribution in [0.3, 0.4) is 0 Å². The van der Waals surface area contributed by atoms with Crippen LogP contribution in [0.4, 0.5) is 21.5 Å². The maximum atomic E-state index is 13.1. The van der Waals surface area contributed by atoms with E-state index in [4.69, 9.17) is 11.6 Å². The van der Waals surface area contributed by atoms with Gasteiger partial charge in [0.1, 0.15) is 11.5 Å². The van der Waals surface area contributed by atoms with Gasteiger partial charge in [0.15, 0.2) is 0 Å².